The molecule has 0 spiro atoms. The fraction of sp³-hybridized carbons (Fsp3) is 0.400. The van der Waals surface area contributed by atoms with Crippen molar-refractivity contribution in [2.24, 2.45) is 4.99 Å². The minimum atomic E-state index is 0. The van der Waals surface area contributed by atoms with Crippen LogP contribution in [0.25, 0.3) is 0 Å². The lowest BCUT2D eigenvalue weighted by molar-refractivity contribution is -0.131. The monoisotopic (exact) mass is 528 g/mol. The van der Waals surface area contributed by atoms with Crippen molar-refractivity contribution in [3.63, 3.8) is 0 Å². The van der Waals surface area contributed by atoms with E-state index >= 15 is 0 Å². The first-order chi connectivity index (χ1) is 13.7. The van der Waals surface area contributed by atoms with Crippen LogP contribution in [0.2, 0.25) is 0 Å². The molecule has 7 nitrogen and oxygen atoms in total. The summed E-state index contributed by atoms with van der Waals surface area (Å²) >= 11 is 1.78. The van der Waals surface area contributed by atoms with E-state index < -0.39 is 0 Å². The summed E-state index contributed by atoms with van der Waals surface area (Å²) in [5.41, 5.74) is 2.36. The molecule has 0 aliphatic carbocycles. The van der Waals surface area contributed by atoms with E-state index in [0.717, 1.165) is 36.6 Å². The molecule has 4 rings (SSSR count). The summed E-state index contributed by atoms with van der Waals surface area (Å²) < 4.78 is 10.7. The third-order valence-electron chi connectivity index (χ3n) is 4.91. The van der Waals surface area contributed by atoms with Crippen LogP contribution in [-0.4, -0.2) is 43.7 Å². The van der Waals surface area contributed by atoms with Crippen LogP contribution >= 0.6 is 35.3 Å². The molecule has 0 atom stereocenters. The molecule has 2 aromatic rings. The maximum atomic E-state index is 12.5. The molecule has 1 aromatic carbocycles. The number of thiophene rings is 1. The van der Waals surface area contributed by atoms with Gasteiger partial charge < -0.3 is 25.0 Å². The number of amides is 1. The molecule has 0 fully saturated rings. The largest absolute Gasteiger partial charge is 0.454 e. The molecular formula is C20H25IN4O3S. The lowest BCUT2D eigenvalue weighted by Crippen LogP contribution is -2.40. The predicted molar refractivity (Wildman–Crippen MR) is 124 cm³/mol. The molecular weight excluding hydrogens is 503 g/mol. The summed E-state index contributed by atoms with van der Waals surface area (Å²) in [6.45, 7) is 2.97. The number of hydrogen-bond acceptors (Lipinski definition) is 5. The van der Waals surface area contributed by atoms with Crippen LogP contribution < -0.4 is 20.1 Å². The maximum absolute atomic E-state index is 12.5. The zero-order chi connectivity index (χ0) is 19.3. The molecule has 2 aliphatic heterocycles. The highest BCUT2D eigenvalue weighted by Crippen LogP contribution is 2.32. The van der Waals surface area contributed by atoms with Crippen molar-refractivity contribution in [2.75, 3.05) is 26.9 Å². The van der Waals surface area contributed by atoms with Gasteiger partial charge in [-0.1, -0.05) is 6.07 Å². The Bertz CT molecular complexity index is 886. The van der Waals surface area contributed by atoms with Gasteiger partial charge in [0.05, 0.1) is 0 Å². The zero-order valence-corrected chi connectivity index (χ0v) is 19.4. The van der Waals surface area contributed by atoms with Gasteiger partial charge >= 0.3 is 0 Å². The highest BCUT2D eigenvalue weighted by atomic mass is 127. The quantitative estimate of drug-likeness (QED) is 0.355. The average molecular weight is 528 g/mol. The second-order valence-electron chi connectivity index (χ2n) is 6.72. The van der Waals surface area contributed by atoms with E-state index in [1.54, 1.807) is 18.4 Å². The fourth-order valence-electron chi connectivity index (χ4n) is 3.36. The van der Waals surface area contributed by atoms with E-state index in [0.29, 0.717) is 25.5 Å². The predicted octanol–water partition coefficient (Wildman–Crippen LogP) is 2.73. The Balaban J connectivity index is 0.00000240. The van der Waals surface area contributed by atoms with Crippen LogP contribution in [0.15, 0.2) is 34.6 Å². The Labute approximate surface area is 191 Å². The Morgan fingerprint density at radius 1 is 1.24 bits per heavy atom. The van der Waals surface area contributed by atoms with E-state index in [9.17, 15) is 4.79 Å². The van der Waals surface area contributed by atoms with Crippen molar-refractivity contribution in [2.45, 2.75) is 25.9 Å². The molecule has 0 bridgehead atoms. The van der Waals surface area contributed by atoms with E-state index in [-0.39, 0.29) is 36.7 Å². The first kappa shape index (κ1) is 21.7. The van der Waals surface area contributed by atoms with Crippen LogP contribution in [-0.2, 0) is 24.3 Å². The van der Waals surface area contributed by atoms with Gasteiger partial charge in [-0.2, -0.15) is 0 Å². The number of carbonyl (C=O) groups is 1. The molecule has 1 amide bonds. The molecule has 0 radical (unpaired) electrons. The van der Waals surface area contributed by atoms with Crippen molar-refractivity contribution in [1.82, 2.24) is 15.5 Å². The summed E-state index contributed by atoms with van der Waals surface area (Å²) in [5.74, 6) is 2.39. The van der Waals surface area contributed by atoms with Gasteiger partial charge in [0.15, 0.2) is 17.5 Å². The third-order valence-corrected chi connectivity index (χ3v) is 5.94. The number of ether oxygens (including phenoxy) is 2. The van der Waals surface area contributed by atoms with Gasteiger partial charge in [-0.3, -0.25) is 9.79 Å². The van der Waals surface area contributed by atoms with Gasteiger partial charge in [0.1, 0.15) is 0 Å². The number of halogens is 1. The van der Waals surface area contributed by atoms with E-state index in [2.05, 4.69) is 27.1 Å². The number of benzene rings is 1. The Morgan fingerprint density at radius 2 is 2.10 bits per heavy atom. The summed E-state index contributed by atoms with van der Waals surface area (Å²) in [4.78, 5) is 20.1. The van der Waals surface area contributed by atoms with Gasteiger partial charge in [0, 0.05) is 44.5 Å². The highest BCUT2D eigenvalue weighted by Gasteiger charge is 2.21. The lowest BCUT2D eigenvalue weighted by Gasteiger charge is -2.27. The fourth-order valence-corrected chi connectivity index (χ4v) is 4.25. The van der Waals surface area contributed by atoms with Gasteiger partial charge in [-0.15, -0.1) is 35.3 Å². The van der Waals surface area contributed by atoms with E-state index in [4.69, 9.17) is 9.47 Å². The molecule has 0 saturated heterocycles. The van der Waals surface area contributed by atoms with Crippen molar-refractivity contribution in [3.8, 4) is 11.5 Å². The summed E-state index contributed by atoms with van der Waals surface area (Å²) in [6.07, 6.45) is 1.41. The Morgan fingerprint density at radius 3 is 2.97 bits per heavy atom. The van der Waals surface area contributed by atoms with Crippen molar-refractivity contribution < 1.29 is 14.3 Å². The van der Waals surface area contributed by atoms with Crippen molar-refractivity contribution in [1.29, 1.82) is 0 Å². The SMILES string of the molecule is CN=C(NCCC(=O)N1CCc2sccc2C1)NCc1ccc2c(c1)OCO2.I. The summed E-state index contributed by atoms with van der Waals surface area (Å²) in [7, 11) is 1.72. The lowest BCUT2D eigenvalue weighted by atomic mass is 10.1. The molecule has 156 valence electrons. The average Bonchev–Trinajstić information content (AvgIpc) is 3.38. The van der Waals surface area contributed by atoms with Gasteiger partial charge in [-0.05, 0) is 41.1 Å². The first-order valence-electron chi connectivity index (χ1n) is 9.39. The van der Waals surface area contributed by atoms with Gasteiger partial charge in [0.25, 0.3) is 0 Å². The number of nitrogens with zero attached hydrogens (tertiary/aromatic N) is 2. The minimum absolute atomic E-state index is 0. The van der Waals surface area contributed by atoms with Crippen LogP contribution in [0, 0.1) is 0 Å². The number of hydrogen-bond donors (Lipinski definition) is 2. The highest BCUT2D eigenvalue weighted by molar-refractivity contribution is 14.0. The van der Waals surface area contributed by atoms with E-state index in [1.165, 1.54) is 10.4 Å². The molecule has 29 heavy (non-hydrogen) atoms. The smallest absolute Gasteiger partial charge is 0.231 e. The topological polar surface area (TPSA) is 75.2 Å². The second kappa shape index (κ2) is 10.1. The normalized spacial score (nSPS) is 14.8. The van der Waals surface area contributed by atoms with E-state index in [1.807, 2.05) is 23.1 Å². The minimum Gasteiger partial charge on any atom is -0.454 e. The number of rotatable bonds is 5. The number of carbonyl (C=O) groups excluding carboxylic acids is 1. The van der Waals surface area contributed by atoms with Crippen LogP contribution in [0.4, 0.5) is 0 Å². The standard InChI is InChI=1S/C20H24N4O3S.HI/c1-21-20(23-11-14-2-3-16-17(10-14)27-13-26-16)22-7-4-19(25)24-8-5-18-15(12-24)6-9-28-18;/h2-3,6,9-10H,4-5,7-8,11-13H2,1H3,(H2,21,22,23);1H. The van der Waals surface area contributed by atoms with Crippen molar-refractivity contribution >= 4 is 47.2 Å². The second-order valence-corrected chi connectivity index (χ2v) is 7.73. The first-order valence-corrected chi connectivity index (χ1v) is 10.3. The molecule has 1 aromatic heterocycles. The molecule has 3 heterocycles. The zero-order valence-electron chi connectivity index (χ0n) is 16.3. The molecule has 2 aliphatic rings. The number of aliphatic imine (C=N–C) groups is 1. The van der Waals surface area contributed by atoms with Crippen LogP contribution in [0.5, 0.6) is 11.5 Å². The van der Waals surface area contributed by atoms with Gasteiger partial charge in [-0.25, -0.2) is 0 Å². The molecule has 0 unspecified atom stereocenters. The molecule has 9 heteroatoms. The van der Waals surface area contributed by atoms with Crippen molar-refractivity contribution in [3.05, 3.63) is 45.6 Å². The maximum Gasteiger partial charge on any atom is 0.231 e. The van der Waals surface area contributed by atoms with Crippen LogP contribution in [0.3, 0.4) is 0 Å². The summed E-state index contributed by atoms with van der Waals surface area (Å²) in [6, 6.07) is 7.98. The van der Waals surface area contributed by atoms with Gasteiger partial charge in [0.2, 0.25) is 12.7 Å². The Kier molecular flexibility index (Phi) is 7.59. The molecule has 2 N–H and O–H groups in total. The number of fused-ring (bicyclic) bond motifs is 2. The summed E-state index contributed by atoms with van der Waals surface area (Å²) in [5, 5.41) is 8.58. The third kappa shape index (κ3) is 5.33. The molecule has 0 saturated carbocycles. The Hall–Kier alpha value is -2.01. The van der Waals surface area contributed by atoms with Crippen LogP contribution in [0.1, 0.15) is 22.4 Å². The number of guanidine groups is 1. The number of nitrogens with one attached hydrogen (secondary N) is 2.